The van der Waals surface area contributed by atoms with E-state index in [0.717, 1.165) is 6.42 Å². The smallest absolute Gasteiger partial charge is 0.228 e. The molecular weight excluding hydrogens is 144 g/mol. The van der Waals surface area contributed by atoms with Crippen LogP contribution in [-0.2, 0) is 14.3 Å². The van der Waals surface area contributed by atoms with Crippen LogP contribution in [0.15, 0.2) is 0 Å². The van der Waals surface area contributed by atoms with Crippen molar-refractivity contribution in [3.05, 3.63) is 0 Å². The Morgan fingerprint density at radius 1 is 1.45 bits per heavy atom. The number of carbonyl (C=O) groups is 1. The second-order valence-electron chi connectivity index (χ2n) is 2.76. The lowest BCUT2D eigenvalue weighted by atomic mass is 10.1. The molecular formula is C8H14O3. The zero-order chi connectivity index (χ0) is 8.32. The summed E-state index contributed by atoms with van der Waals surface area (Å²) in [5.41, 5.74) is 0. The van der Waals surface area contributed by atoms with Gasteiger partial charge in [0.05, 0.1) is 13.2 Å². The van der Waals surface area contributed by atoms with E-state index in [1.807, 2.05) is 6.92 Å². The molecule has 0 atom stereocenters. The van der Waals surface area contributed by atoms with Crippen molar-refractivity contribution in [2.45, 2.75) is 32.5 Å². The van der Waals surface area contributed by atoms with Crippen molar-refractivity contribution in [1.82, 2.24) is 0 Å². The van der Waals surface area contributed by atoms with Crippen molar-refractivity contribution < 1.29 is 14.3 Å². The molecule has 0 bridgehead atoms. The third kappa shape index (κ3) is 1.60. The van der Waals surface area contributed by atoms with Crippen LogP contribution in [0.4, 0.5) is 0 Å². The summed E-state index contributed by atoms with van der Waals surface area (Å²) in [5.74, 6) is -0.911. The predicted octanol–water partition coefficient (Wildman–Crippen LogP) is 1.12. The maximum Gasteiger partial charge on any atom is 0.228 e. The number of carbonyl (C=O) groups excluding carboxylic acids is 1. The minimum Gasteiger partial charge on any atom is -0.341 e. The van der Waals surface area contributed by atoms with E-state index in [2.05, 4.69) is 0 Å². The maximum atomic E-state index is 11.1. The highest BCUT2D eigenvalue weighted by Gasteiger charge is 2.40. The summed E-state index contributed by atoms with van der Waals surface area (Å²) in [4.78, 5) is 11.1. The monoisotopic (exact) mass is 158 g/mol. The van der Waals surface area contributed by atoms with Crippen molar-refractivity contribution in [3.63, 3.8) is 0 Å². The summed E-state index contributed by atoms with van der Waals surface area (Å²) < 4.78 is 10.5. The first kappa shape index (κ1) is 8.68. The highest BCUT2D eigenvalue weighted by Crippen LogP contribution is 2.25. The number of ketones is 1. The Balaban J connectivity index is 2.62. The van der Waals surface area contributed by atoms with Crippen LogP contribution in [0.2, 0.25) is 0 Å². The Morgan fingerprint density at radius 2 is 2.00 bits per heavy atom. The summed E-state index contributed by atoms with van der Waals surface area (Å²) in [6.45, 7) is 4.61. The zero-order valence-corrected chi connectivity index (χ0v) is 7.05. The molecule has 1 saturated heterocycles. The maximum absolute atomic E-state index is 11.1. The van der Waals surface area contributed by atoms with E-state index in [4.69, 9.17) is 9.47 Å². The third-order valence-electron chi connectivity index (χ3n) is 1.87. The van der Waals surface area contributed by atoms with Gasteiger partial charge in [-0.05, 0) is 0 Å². The molecule has 1 aliphatic heterocycles. The predicted molar refractivity (Wildman–Crippen MR) is 40.2 cm³/mol. The molecule has 0 aromatic heterocycles. The molecule has 1 fully saturated rings. The first-order chi connectivity index (χ1) is 5.21. The highest BCUT2D eigenvalue weighted by molar-refractivity contribution is 5.83. The molecule has 1 rings (SSSR count). The first-order valence-corrected chi connectivity index (χ1v) is 4.00. The highest BCUT2D eigenvalue weighted by atomic mass is 16.7. The number of hydrogen-bond donors (Lipinski definition) is 0. The molecule has 64 valence electrons. The Kier molecular flexibility index (Phi) is 2.62. The van der Waals surface area contributed by atoms with Gasteiger partial charge in [0.1, 0.15) is 0 Å². The SMILES string of the molecule is CCCC1(C(C)=O)OCCO1. The molecule has 0 radical (unpaired) electrons. The molecule has 0 amide bonds. The van der Waals surface area contributed by atoms with Gasteiger partial charge < -0.3 is 9.47 Å². The summed E-state index contributed by atoms with van der Waals surface area (Å²) in [6, 6.07) is 0. The molecule has 0 aromatic carbocycles. The lowest BCUT2D eigenvalue weighted by Gasteiger charge is -2.23. The average molecular weight is 158 g/mol. The van der Waals surface area contributed by atoms with Crippen molar-refractivity contribution in [2.24, 2.45) is 0 Å². The molecule has 0 saturated carbocycles. The lowest BCUT2D eigenvalue weighted by Crippen LogP contribution is -2.37. The van der Waals surface area contributed by atoms with Gasteiger partial charge >= 0.3 is 0 Å². The molecule has 11 heavy (non-hydrogen) atoms. The van der Waals surface area contributed by atoms with Crippen molar-refractivity contribution in [1.29, 1.82) is 0 Å². The normalized spacial score (nSPS) is 22.0. The molecule has 3 heteroatoms. The molecule has 0 N–H and O–H groups in total. The van der Waals surface area contributed by atoms with Crippen LogP contribution in [0, 0.1) is 0 Å². The summed E-state index contributed by atoms with van der Waals surface area (Å²) in [6.07, 6.45) is 1.57. The van der Waals surface area contributed by atoms with Crippen molar-refractivity contribution >= 4 is 5.78 Å². The van der Waals surface area contributed by atoms with Crippen LogP contribution < -0.4 is 0 Å². The van der Waals surface area contributed by atoms with E-state index in [1.54, 1.807) is 0 Å². The number of hydrogen-bond acceptors (Lipinski definition) is 3. The fourth-order valence-corrected chi connectivity index (χ4v) is 1.31. The number of Topliss-reactive ketones (excluding diaryl/α,β-unsaturated/α-hetero) is 1. The van der Waals surface area contributed by atoms with Gasteiger partial charge in [-0.3, -0.25) is 4.79 Å². The molecule has 0 aromatic rings. The van der Waals surface area contributed by atoms with Gasteiger partial charge in [-0.25, -0.2) is 0 Å². The Morgan fingerprint density at radius 3 is 2.36 bits per heavy atom. The topological polar surface area (TPSA) is 35.5 Å². The van der Waals surface area contributed by atoms with Gasteiger partial charge in [0, 0.05) is 13.3 Å². The van der Waals surface area contributed by atoms with Crippen LogP contribution in [0.1, 0.15) is 26.7 Å². The van der Waals surface area contributed by atoms with E-state index in [0.29, 0.717) is 19.6 Å². The standard InChI is InChI=1S/C8H14O3/c1-3-4-8(7(2)9)10-5-6-11-8/h3-6H2,1-2H3. The minimum absolute atomic E-state index is 0.0168. The summed E-state index contributed by atoms with van der Waals surface area (Å²) in [5, 5.41) is 0. The van der Waals surface area contributed by atoms with Gasteiger partial charge in [0.25, 0.3) is 0 Å². The fraction of sp³-hybridized carbons (Fsp3) is 0.875. The van der Waals surface area contributed by atoms with Crippen molar-refractivity contribution in [2.75, 3.05) is 13.2 Å². The molecule has 1 aliphatic rings. The van der Waals surface area contributed by atoms with Gasteiger partial charge in [-0.2, -0.15) is 0 Å². The second kappa shape index (κ2) is 3.32. The minimum atomic E-state index is -0.894. The van der Waals surface area contributed by atoms with E-state index in [1.165, 1.54) is 6.92 Å². The first-order valence-electron chi connectivity index (χ1n) is 4.00. The number of ether oxygens (including phenoxy) is 2. The second-order valence-corrected chi connectivity index (χ2v) is 2.76. The molecule has 3 nitrogen and oxygen atoms in total. The van der Waals surface area contributed by atoms with Crippen LogP contribution in [-0.4, -0.2) is 24.8 Å². The Hall–Kier alpha value is -0.410. The van der Waals surface area contributed by atoms with E-state index < -0.39 is 5.79 Å². The van der Waals surface area contributed by atoms with Gasteiger partial charge in [-0.15, -0.1) is 0 Å². The Labute approximate surface area is 66.7 Å². The molecule has 0 aliphatic carbocycles. The zero-order valence-electron chi connectivity index (χ0n) is 7.05. The van der Waals surface area contributed by atoms with Crippen LogP contribution in [0.3, 0.4) is 0 Å². The lowest BCUT2D eigenvalue weighted by molar-refractivity contribution is -0.180. The van der Waals surface area contributed by atoms with Crippen LogP contribution in [0.25, 0.3) is 0 Å². The van der Waals surface area contributed by atoms with Crippen molar-refractivity contribution in [3.8, 4) is 0 Å². The van der Waals surface area contributed by atoms with Gasteiger partial charge in [0.15, 0.2) is 5.78 Å². The fourth-order valence-electron chi connectivity index (χ4n) is 1.31. The largest absolute Gasteiger partial charge is 0.341 e. The van der Waals surface area contributed by atoms with Gasteiger partial charge in [-0.1, -0.05) is 13.3 Å². The quantitative estimate of drug-likeness (QED) is 0.617. The third-order valence-corrected chi connectivity index (χ3v) is 1.87. The summed E-state index contributed by atoms with van der Waals surface area (Å²) >= 11 is 0. The summed E-state index contributed by atoms with van der Waals surface area (Å²) in [7, 11) is 0. The van der Waals surface area contributed by atoms with E-state index in [9.17, 15) is 4.79 Å². The van der Waals surface area contributed by atoms with Crippen LogP contribution >= 0.6 is 0 Å². The van der Waals surface area contributed by atoms with Gasteiger partial charge in [0.2, 0.25) is 5.79 Å². The van der Waals surface area contributed by atoms with E-state index >= 15 is 0 Å². The number of rotatable bonds is 3. The molecule has 1 heterocycles. The average Bonchev–Trinajstić information content (AvgIpc) is 2.38. The molecule has 0 unspecified atom stereocenters. The Bertz CT molecular complexity index is 147. The van der Waals surface area contributed by atoms with Crippen LogP contribution in [0.5, 0.6) is 0 Å². The van der Waals surface area contributed by atoms with E-state index in [-0.39, 0.29) is 5.78 Å². The molecule has 0 spiro atoms.